The zero-order chi connectivity index (χ0) is 9.19. The molecular weight excluding hydrogens is 167 g/mol. The zero-order valence-electron chi connectivity index (χ0n) is 6.90. The maximum Gasteiger partial charge on any atom is 0.389 e. The van der Waals surface area contributed by atoms with E-state index in [1.54, 1.807) is 0 Å². The molecule has 1 rings (SSSR count). The zero-order valence-corrected chi connectivity index (χ0v) is 6.90. The van der Waals surface area contributed by atoms with Gasteiger partial charge < -0.3 is 5.73 Å². The van der Waals surface area contributed by atoms with Crippen LogP contribution in [0.4, 0.5) is 13.2 Å². The van der Waals surface area contributed by atoms with Crippen LogP contribution in [0, 0.1) is 5.92 Å². The van der Waals surface area contributed by atoms with Crippen LogP contribution >= 0.6 is 0 Å². The summed E-state index contributed by atoms with van der Waals surface area (Å²) in [4.78, 5) is 0. The molecule has 2 unspecified atom stereocenters. The minimum Gasteiger partial charge on any atom is -0.327 e. The molecule has 0 aromatic heterocycles. The van der Waals surface area contributed by atoms with E-state index in [-0.39, 0.29) is 12.0 Å². The number of hydrogen-bond donors (Lipinski definition) is 1. The van der Waals surface area contributed by atoms with Gasteiger partial charge in [0, 0.05) is 12.5 Å². The molecule has 0 radical (unpaired) electrons. The lowest BCUT2D eigenvalue weighted by molar-refractivity contribution is -0.147. The monoisotopic (exact) mass is 181 g/mol. The second kappa shape index (κ2) is 3.64. The molecule has 0 aliphatic heterocycles. The summed E-state index contributed by atoms with van der Waals surface area (Å²) in [5.74, 6) is -0.334. The van der Waals surface area contributed by atoms with E-state index in [4.69, 9.17) is 5.73 Å². The SMILES string of the molecule is NC1CCCCC1CC(F)(F)F. The van der Waals surface area contributed by atoms with Gasteiger partial charge in [-0.15, -0.1) is 0 Å². The fraction of sp³-hybridized carbons (Fsp3) is 1.00. The van der Waals surface area contributed by atoms with Crippen LogP contribution in [-0.2, 0) is 0 Å². The van der Waals surface area contributed by atoms with Crippen molar-refractivity contribution in [3.63, 3.8) is 0 Å². The lowest BCUT2D eigenvalue weighted by Gasteiger charge is -2.29. The number of nitrogens with two attached hydrogens (primary N) is 1. The molecule has 0 aromatic carbocycles. The third-order valence-corrected chi connectivity index (χ3v) is 2.46. The topological polar surface area (TPSA) is 26.0 Å². The Bertz CT molecular complexity index is 144. The van der Waals surface area contributed by atoms with Crippen LogP contribution < -0.4 is 5.73 Å². The molecule has 0 saturated heterocycles. The van der Waals surface area contributed by atoms with E-state index in [1.165, 1.54) is 0 Å². The summed E-state index contributed by atoms with van der Waals surface area (Å²) in [6.07, 6.45) is -1.47. The Labute approximate surface area is 70.1 Å². The lowest BCUT2D eigenvalue weighted by atomic mass is 9.83. The van der Waals surface area contributed by atoms with Crippen LogP contribution in [0.2, 0.25) is 0 Å². The van der Waals surface area contributed by atoms with Gasteiger partial charge in [-0.2, -0.15) is 13.2 Å². The van der Waals surface area contributed by atoms with E-state index in [0.29, 0.717) is 6.42 Å². The van der Waals surface area contributed by atoms with Crippen molar-refractivity contribution >= 4 is 0 Å². The molecule has 1 fully saturated rings. The van der Waals surface area contributed by atoms with Gasteiger partial charge in [-0.25, -0.2) is 0 Å². The fourth-order valence-corrected chi connectivity index (χ4v) is 1.79. The standard InChI is InChI=1S/C8H14F3N/c9-8(10,11)5-6-3-1-2-4-7(6)12/h6-7H,1-5,12H2. The minimum atomic E-state index is -4.04. The Hall–Kier alpha value is -0.250. The second-order valence-electron chi connectivity index (χ2n) is 3.53. The summed E-state index contributed by atoms with van der Waals surface area (Å²) in [6.45, 7) is 0. The van der Waals surface area contributed by atoms with Crippen molar-refractivity contribution in [2.45, 2.75) is 44.3 Å². The normalized spacial score (nSPS) is 32.0. The predicted octanol–water partition coefficient (Wildman–Crippen LogP) is 2.46. The van der Waals surface area contributed by atoms with Gasteiger partial charge in [0.25, 0.3) is 0 Å². The van der Waals surface area contributed by atoms with E-state index < -0.39 is 12.6 Å². The molecule has 0 heterocycles. The summed E-state index contributed by atoms with van der Waals surface area (Å²) in [5, 5.41) is 0. The largest absolute Gasteiger partial charge is 0.389 e. The van der Waals surface area contributed by atoms with Crippen LogP contribution in [0.25, 0.3) is 0 Å². The molecule has 1 aliphatic carbocycles. The molecule has 1 aliphatic rings. The Morgan fingerprint density at radius 3 is 2.25 bits per heavy atom. The first-order valence-electron chi connectivity index (χ1n) is 4.31. The van der Waals surface area contributed by atoms with Crippen molar-refractivity contribution in [3.8, 4) is 0 Å². The van der Waals surface area contributed by atoms with Gasteiger partial charge in [0.2, 0.25) is 0 Å². The molecule has 0 amide bonds. The number of rotatable bonds is 1. The third-order valence-electron chi connectivity index (χ3n) is 2.46. The second-order valence-corrected chi connectivity index (χ2v) is 3.53. The molecule has 4 heteroatoms. The maximum atomic E-state index is 12.0. The highest BCUT2D eigenvalue weighted by Crippen LogP contribution is 2.33. The van der Waals surface area contributed by atoms with Crippen molar-refractivity contribution in [2.24, 2.45) is 11.7 Å². The van der Waals surface area contributed by atoms with Crippen molar-refractivity contribution in [1.29, 1.82) is 0 Å². The molecule has 0 spiro atoms. The molecule has 2 atom stereocenters. The summed E-state index contributed by atoms with van der Waals surface area (Å²) in [6, 6.07) is -0.236. The Kier molecular flexibility index (Phi) is 2.99. The van der Waals surface area contributed by atoms with E-state index in [9.17, 15) is 13.2 Å². The maximum absolute atomic E-state index is 12.0. The highest BCUT2D eigenvalue weighted by atomic mass is 19.4. The number of halogens is 3. The summed E-state index contributed by atoms with van der Waals surface area (Å²) in [5.41, 5.74) is 5.59. The summed E-state index contributed by atoms with van der Waals surface area (Å²) in [7, 11) is 0. The van der Waals surface area contributed by atoms with Gasteiger partial charge >= 0.3 is 6.18 Å². The third kappa shape index (κ3) is 3.01. The van der Waals surface area contributed by atoms with Crippen LogP contribution in [0.15, 0.2) is 0 Å². The molecule has 2 N–H and O–H groups in total. The molecule has 12 heavy (non-hydrogen) atoms. The highest BCUT2D eigenvalue weighted by Gasteiger charge is 2.35. The molecule has 72 valence electrons. The molecular formula is C8H14F3N. The number of alkyl halides is 3. The first-order chi connectivity index (χ1) is 5.49. The summed E-state index contributed by atoms with van der Waals surface area (Å²) < 4.78 is 35.9. The van der Waals surface area contributed by atoms with Gasteiger partial charge in [-0.05, 0) is 18.8 Å². The average Bonchev–Trinajstić information content (AvgIpc) is 1.91. The minimum absolute atomic E-state index is 0.236. The van der Waals surface area contributed by atoms with Gasteiger partial charge in [-0.1, -0.05) is 12.8 Å². The van der Waals surface area contributed by atoms with Gasteiger partial charge in [0.15, 0.2) is 0 Å². The quantitative estimate of drug-likeness (QED) is 0.660. The molecule has 0 aromatic rings. The van der Waals surface area contributed by atoms with Crippen molar-refractivity contribution in [2.75, 3.05) is 0 Å². The van der Waals surface area contributed by atoms with Gasteiger partial charge in [0.05, 0.1) is 0 Å². The lowest BCUT2D eigenvalue weighted by Crippen LogP contribution is -2.35. The van der Waals surface area contributed by atoms with E-state index >= 15 is 0 Å². The van der Waals surface area contributed by atoms with Crippen molar-refractivity contribution in [3.05, 3.63) is 0 Å². The van der Waals surface area contributed by atoms with Crippen LogP contribution in [0.1, 0.15) is 32.1 Å². The highest BCUT2D eigenvalue weighted by molar-refractivity contribution is 4.79. The first kappa shape index (κ1) is 9.84. The van der Waals surface area contributed by atoms with Crippen LogP contribution in [0.5, 0.6) is 0 Å². The Morgan fingerprint density at radius 2 is 1.75 bits per heavy atom. The molecule has 1 saturated carbocycles. The fourth-order valence-electron chi connectivity index (χ4n) is 1.79. The van der Waals surface area contributed by atoms with E-state index in [0.717, 1.165) is 19.3 Å². The van der Waals surface area contributed by atoms with E-state index in [1.807, 2.05) is 0 Å². The van der Waals surface area contributed by atoms with E-state index in [2.05, 4.69) is 0 Å². The van der Waals surface area contributed by atoms with Gasteiger partial charge in [0.1, 0.15) is 0 Å². The van der Waals surface area contributed by atoms with Gasteiger partial charge in [-0.3, -0.25) is 0 Å². The molecule has 1 nitrogen and oxygen atoms in total. The predicted molar refractivity (Wildman–Crippen MR) is 40.6 cm³/mol. The van der Waals surface area contributed by atoms with Crippen LogP contribution in [-0.4, -0.2) is 12.2 Å². The Morgan fingerprint density at radius 1 is 1.17 bits per heavy atom. The van der Waals surface area contributed by atoms with Crippen molar-refractivity contribution in [1.82, 2.24) is 0 Å². The smallest absolute Gasteiger partial charge is 0.327 e. The molecule has 0 bridgehead atoms. The van der Waals surface area contributed by atoms with Crippen molar-refractivity contribution < 1.29 is 13.2 Å². The average molecular weight is 181 g/mol. The summed E-state index contributed by atoms with van der Waals surface area (Å²) >= 11 is 0. The Balaban J connectivity index is 2.39. The van der Waals surface area contributed by atoms with Crippen LogP contribution in [0.3, 0.4) is 0 Å². The number of hydrogen-bond acceptors (Lipinski definition) is 1. The first-order valence-corrected chi connectivity index (χ1v) is 4.31.